The van der Waals surface area contributed by atoms with Gasteiger partial charge in [-0.05, 0) is 42.0 Å². The molecule has 1 saturated heterocycles. The van der Waals surface area contributed by atoms with Crippen LogP contribution in [0.25, 0.3) is 6.08 Å². The molecule has 0 aromatic heterocycles. The standard InChI is InChI=1S/C17H20N2O2S/c1-4-12-19-16(20)15(22-17(19)21)7-5-6-13-8-10-14(11-9-13)18(2)3/h5-11H,4,12H2,1-3H3/b6-5+,15-7+. The summed E-state index contributed by atoms with van der Waals surface area (Å²) in [7, 11) is 3.99. The lowest BCUT2D eigenvalue weighted by molar-refractivity contribution is -0.122. The van der Waals surface area contributed by atoms with Crippen LogP contribution in [0.1, 0.15) is 18.9 Å². The SMILES string of the molecule is CCCN1C(=O)S/C(=C/C=C/c2ccc(N(C)C)cc2)C1=O. The van der Waals surface area contributed by atoms with Crippen LogP contribution in [-0.4, -0.2) is 36.7 Å². The van der Waals surface area contributed by atoms with Gasteiger partial charge in [0.2, 0.25) is 0 Å². The molecule has 4 nitrogen and oxygen atoms in total. The van der Waals surface area contributed by atoms with Crippen molar-refractivity contribution < 1.29 is 9.59 Å². The van der Waals surface area contributed by atoms with E-state index >= 15 is 0 Å². The van der Waals surface area contributed by atoms with Gasteiger partial charge >= 0.3 is 0 Å². The Kier molecular flexibility index (Phi) is 5.44. The average molecular weight is 316 g/mol. The highest BCUT2D eigenvalue weighted by atomic mass is 32.2. The number of anilines is 1. The summed E-state index contributed by atoms with van der Waals surface area (Å²) in [5, 5.41) is -0.179. The number of hydrogen-bond acceptors (Lipinski definition) is 4. The van der Waals surface area contributed by atoms with Crippen molar-refractivity contribution in [1.29, 1.82) is 0 Å². The number of rotatable bonds is 5. The number of imide groups is 1. The van der Waals surface area contributed by atoms with Gasteiger partial charge in [-0.15, -0.1) is 0 Å². The van der Waals surface area contributed by atoms with Gasteiger partial charge < -0.3 is 4.90 Å². The number of nitrogens with zero attached hydrogens (tertiary/aromatic N) is 2. The summed E-state index contributed by atoms with van der Waals surface area (Å²) < 4.78 is 0. The van der Waals surface area contributed by atoms with E-state index in [1.165, 1.54) is 4.90 Å². The van der Waals surface area contributed by atoms with E-state index in [0.29, 0.717) is 11.4 Å². The fourth-order valence-electron chi connectivity index (χ4n) is 2.06. The van der Waals surface area contributed by atoms with Crippen molar-refractivity contribution in [3.05, 3.63) is 46.9 Å². The molecule has 0 spiro atoms. The quantitative estimate of drug-likeness (QED) is 0.776. The van der Waals surface area contributed by atoms with Gasteiger partial charge in [0.15, 0.2) is 0 Å². The van der Waals surface area contributed by atoms with Gasteiger partial charge in [0.1, 0.15) is 0 Å². The van der Waals surface area contributed by atoms with Gasteiger partial charge in [-0.25, -0.2) is 0 Å². The molecule has 0 N–H and O–H groups in total. The van der Waals surface area contributed by atoms with E-state index in [1.54, 1.807) is 6.08 Å². The maximum absolute atomic E-state index is 12.0. The van der Waals surface area contributed by atoms with E-state index < -0.39 is 0 Å². The second-order valence-corrected chi connectivity index (χ2v) is 6.19. The van der Waals surface area contributed by atoms with Crippen molar-refractivity contribution in [2.45, 2.75) is 13.3 Å². The summed E-state index contributed by atoms with van der Waals surface area (Å²) in [5.41, 5.74) is 2.19. The molecule has 1 aromatic carbocycles. The molecule has 116 valence electrons. The van der Waals surface area contributed by atoms with Crippen LogP contribution < -0.4 is 4.90 Å². The Bertz CT molecular complexity index is 618. The summed E-state index contributed by atoms with van der Waals surface area (Å²) >= 11 is 1.00. The molecule has 1 aliphatic rings. The molecule has 5 heteroatoms. The van der Waals surface area contributed by atoms with Gasteiger partial charge in [-0.1, -0.05) is 31.2 Å². The monoisotopic (exact) mass is 316 g/mol. The zero-order valence-electron chi connectivity index (χ0n) is 13.1. The molecule has 0 radical (unpaired) electrons. The minimum Gasteiger partial charge on any atom is -0.378 e. The summed E-state index contributed by atoms with van der Waals surface area (Å²) in [5.74, 6) is -0.190. The molecule has 2 rings (SSSR count). The smallest absolute Gasteiger partial charge is 0.293 e. The van der Waals surface area contributed by atoms with Crippen molar-refractivity contribution >= 4 is 34.7 Å². The third-order valence-electron chi connectivity index (χ3n) is 3.27. The van der Waals surface area contributed by atoms with Crippen LogP contribution in [0, 0.1) is 0 Å². The lowest BCUT2D eigenvalue weighted by Gasteiger charge is -2.11. The Labute approximate surface area is 135 Å². The molecule has 0 bridgehead atoms. The van der Waals surface area contributed by atoms with Gasteiger partial charge in [0.05, 0.1) is 4.91 Å². The van der Waals surface area contributed by atoms with Crippen LogP contribution in [0.3, 0.4) is 0 Å². The predicted octanol–water partition coefficient (Wildman–Crippen LogP) is 3.76. The average Bonchev–Trinajstić information content (AvgIpc) is 2.76. The second kappa shape index (κ2) is 7.31. The summed E-state index contributed by atoms with van der Waals surface area (Å²) in [6.45, 7) is 2.43. The molecule has 0 saturated carbocycles. The summed E-state index contributed by atoms with van der Waals surface area (Å²) in [4.78, 5) is 27.6. The first-order valence-corrected chi connectivity index (χ1v) is 8.04. The van der Waals surface area contributed by atoms with Crippen molar-refractivity contribution in [3.8, 4) is 0 Å². The number of hydrogen-bond donors (Lipinski definition) is 0. The minimum absolute atomic E-state index is 0.179. The van der Waals surface area contributed by atoms with E-state index in [-0.39, 0.29) is 11.1 Å². The normalized spacial score (nSPS) is 17.0. The van der Waals surface area contributed by atoms with Crippen molar-refractivity contribution in [2.24, 2.45) is 0 Å². The molecule has 1 fully saturated rings. The van der Waals surface area contributed by atoms with E-state index in [4.69, 9.17) is 0 Å². The zero-order chi connectivity index (χ0) is 16.1. The topological polar surface area (TPSA) is 40.6 Å². The van der Waals surface area contributed by atoms with E-state index in [0.717, 1.165) is 29.4 Å². The van der Waals surface area contributed by atoms with Crippen LogP contribution in [0.5, 0.6) is 0 Å². The van der Waals surface area contributed by atoms with Crippen LogP contribution >= 0.6 is 11.8 Å². The molecular weight excluding hydrogens is 296 g/mol. The Morgan fingerprint density at radius 1 is 1.18 bits per heavy atom. The van der Waals surface area contributed by atoms with Crippen LogP contribution in [0.4, 0.5) is 10.5 Å². The van der Waals surface area contributed by atoms with Crippen LogP contribution in [-0.2, 0) is 4.79 Å². The number of thioether (sulfide) groups is 1. The Morgan fingerprint density at radius 3 is 2.45 bits per heavy atom. The number of carbonyl (C=O) groups excluding carboxylic acids is 2. The first-order valence-electron chi connectivity index (χ1n) is 7.22. The van der Waals surface area contributed by atoms with Gasteiger partial charge in [-0.3, -0.25) is 14.5 Å². The van der Waals surface area contributed by atoms with Gasteiger partial charge in [0, 0.05) is 26.3 Å². The van der Waals surface area contributed by atoms with Crippen molar-refractivity contribution in [2.75, 3.05) is 25.5 Å². The maximum atomic E-state index is 12.0. The fraction of sp³-hybridized carbons (Fsp3) is 0.294. The first kappa shape index (κ1) is 16.4. The number of amides is 2. The van der Waals surface area contributed by atoms with Crippen molar-refractivity contribution in [3.63, 3.8) is 0 Å². The third-order valence-corrected chi connectivity index (χ3v) is 4.19. The molecule has 2 amide bonds. The van der Waals surface area contributed by atoms with Gasteiger partial charge in [-0.2, -0.15) is 0 Å². The van der Waals surface area contributed by atoms with Crippen LogP contribution in [0.2, 0.25) is 0 Å². The highest BCUT2D eigenvalue weighted by molar-refractivity contribution is 8.18. The number of benzene rings is 1. The maximum Gasteiger partial charge on any atom is 0.293 e. The molecule has 1 aromatic rings. The number of allylic oxidation sites excluding steroid dienone is 2. The molecule has 0 aliphatic carbocycles. The molecule has 1 aliphatic heterocycles. The molecule has 0 atom stereocenters. The Hall–Kier alpha value is -2.01. The Morgan fingerprint density at radius 2 is 1.86 bits per heavy atom. The van der Waals surface area contributed by atoms with E-state index in [9.17, 15) is 9.59 Å². The fourth-order valence-corrected chi connectivity index (χ4v) is 2.88. The summed E-state index contributed by atoms with van der Waals surface area (Å²) in [6.07, 6.45) is 6.22. The molecule has 1 heterocycles. The van der Waals surface area contributed by atoms with E-state index in [1.807, 2.05) is 62.3 Å². The molecule has 0 unspecified atom stereocenters. The van der Waals surface area contributed by atoms with Gasteiger partial charge in [0.25, 0.3) is 11.1 Å². The third kappa shape index (κ3) is 3.80. The highest BCUT2D eigenvalue weighted by Gasteiger charge is 2.33. The molecular formula is C17H20N2O2S. The summed E-state index contributed by atoms with van der Waals surface area (Å²) in [6, 6.07) is 8.11. The zero-order valence-corrected chi connectivity index (χ0v) is 13.9. The Balaban J connectivity index is 2.05. The predicted molar refractivity (Wildman–Crippen MR) is 92.9 cm³/mol. The van der Waals surface area contributed by atoms with E-state index in [2.05, 4.69) is 0 Å². The highest BCUT2D eigenvalue weighted by Crippen LogP contribution is 2.30. The lowest BCUT2D eigenvalue weighted by Crippen LogP contribution is -2.28. The largest absolute Gasteiger partial charge is 0.378 e. The lowest BCUT2D eigenvalue weighted by atomic mass is 10.2. The minimum atomic E-state index is -0.190. The van der Waals surface area contributed by atoms with Crippen LogP contribution in [0.15, 0.2) is 41.3 Å². The number of carbonyl (C=O) groups is 2. The molecule has 22 heavy (non-hydrogen) atoms. The first-order chi connectivity index (χ1) is 10.5. The van der Waals surface area contributed by atoms with Crippen molar-refractivity contribution in [1.82, 2.24) is 4.90 Å². The second-order valence-electron chi connectivity index (χ2n) is 5.20.